The van der Waals surface area contributed by atoms with E-state index in [1.165, 1.54) is 48.2 Å². The van der Waals surface area contributed by atoms with Crippen LogP contribution >= 0.6 is 11.8 Å². The van der Waals surface area contributed by atoms with Gasteiger partial charge in [-0.1, -0.05) is 12.1 Å². The van der Waals surface area contributed by atoms with Crippen LogP contribution in [0.4, 0.5) is 15.8 Å². The lowest BCUT2D eigenvalue weighted by Gasteiger charge is -2.05. The molecule has 0 saturated carbocycles. The number of carbonyl (C=O) groups excluding carboxylic acids is 1. The van der Waals surface area contributed by atoms with Gasteiger partial charge in [-0.05, 0) is 29.8 Å². The number of amides is 1. The molecule has 0 aliphatic rings. The van der Waals surface area contributed by atoms with Crippen LogP contribution in [0.2, 0.25) is 0 Å². The van der Waals surface area contributed by atoms with Crippen LogP contribution in [-0.2, 0) is 10.5 Å². The standard InChI is InChI=1S/C15H13FN2O3S/c16-12-3-1-11(2-4-12)9-22-10-15(19)17-13-5-7-14(8-6-13)18(20)21/h1-8H,9-10H2,(H,17,19). The number of carbonyl (C=O) groups is 1. The lowest BCUT2D eigenvalue weighted by atomic mass is 10.2. The summed E-state index contributed by atoms with van der Waals surface area (Å²) in [6.07, 6.45) is 0. The van der Waals surface area contributed by atoms with Gasteiger partial charge in [-0.15, -0.1) is 11.8 Å². The second kappa shape index (κ2) is 7.56. The minimum Gasteiger partial charge on any atom is -0.325 e. The molecule has 0 aliphatic carbocycles. The molecule has 5 nitrogen and oxygen atoms in total. The summed E-state index contributed by atoms with van der Waals surface area (Å²) in [4.78, 5) is 21.8. The average Bonchev–Trinajstić information content (AvgIpc) is 2.50. The van der Waals surface area contributed by atoms with E-state index in [2.05, 4.69) is 5.32 Å². The van der Waals surface area contributed by atoms with Crippen molar-refractivity contribution in [2.75, 3.05) is 11.1 Å². The Hall–Kier alpha value is -2.41. The highest BCUT2D eigenvalue weighted by atomic mass is 32.2. The molecule has 22 heavy (non-hydrogen) atoms. The fourth-order valence-corrected chi connectivity index (χ4v) is 2.49. The number of nitrogens with one attached hydrogen (secondary N) is 1. The molecule has 114 valence electrons. The zero-order valence-electron chi connectivity index (χ0n) is 11.5. The average molecular weight is 320 g/mol. The molecule has 2 aromatic rings. The maximum absolute atomic E-state index is 12.7. The minimum atomic E-state index is -0.496. The first-order chi connectivity index (χ1) is 10.5. The van der Waals surface area contributed by atoms with Gasteiger partial charge >= 0.3 is 0 Å². The van der Waals surface area contributed by atoms with Gasteiger partial charge in [0.2, 0.25) is 5.91 Å². The quantitative estimate of drug-likeness (QED) is 0.652. The van der Waals surface area contributed by atoms with Gasteiger partial charge in [-0.2, -0.15) is 0 Å². The molecule has 0 aromatic heterocycles. The molecule has 2 rings (SSSR count). The summed E-state index contributed by atoms with van der Waals surface area (Å²) in [6.45, 7) is 0. The summed E-state index contributed by atoms with van der Waals surface area (Å²) in [5.41, 5.74) is 1.43. The van der Waals surface area contributed by atoms with Crippen LogP contribution in [0.25, 0.3) is 0 Å². The fraction of sp³-hybridized carbons (Fsp3) is 0.133. The van der Waals surface area contributed by atoms with Crippen LogP contribution in [0, 0.1) is 15.9 Å². The summed E-state index contributed by atoms with van der Waals surface area (Å²) in [5.74, 6) is 0.369. The third-order valence-electron chi connectivity index (χ3n) is 2.78. The van der Waals surface area contributed by atoms with Crippen molar-refractivity contribution in [1.29, 1.82) is 0 Å². The van der Waals surface area contributed by atoms with Crippen molar-refractivity contribution >= 4 is 29.0 Å². The molecule has 0 radical (unpaired) electrons. The Balaban J connectivity index is 1.77. The van der Waals surface area contributed by atoms with Gasteiger partial charge < -0.3 is 5.32 Å². The van der Waals surface area contributed by atoms with E-state index in [1.807, 2.05) is 0 Å². The van der Waals surface area contributed by atoms with Crippen molar-refractivity contribution in [1.82, 2.24) is 0 Å². The monoisotopic (exact) mass is 320 g/mol. The van der Waals surface area contributed by atoms with Crippen molar-refractivity contribution in [3.05, 3.63) is 70.0 Å². The summed E-state index contributed by atoms with van der Waals surface area (Å²) in [7, 11) is 0. The minimum absolute atomic E-state index is 0.0244. The third kappa shape index (κ3) is 4.85. The van der Waals surface area contributed by atoms with Crippen LogP contribution in [0.3, 0.4) is 0 Å². The van der Waals surface area contributed by atoms with E-state index in [0.29, 0.717) is 11.4 Å². The van der Waals surface area contributed by atoms with Gasteiger partial charge in [-0.25, -0.2) is 4.39 Å². The van der Waals surface area contributed by atoms with Crippen LogP contribution in [0.5, 0.6) is 0 Å². The van der Waals surface area contributed by atoms with E-state index in [1.54, 1.807) is 12.1 Å². The van der Waals surface area contributed by atoms with Crippen molar-refractivity contribution in [2.24, 2.45) is 0 Å². The molecule has 1 N–H and O–H groups in total. The van der Waals surface area contributed by atoms with E-state index in [0.717, 1.165) is 5.56 Å². The van der Waals surface area contributed by atoms with Gasteiger partial charge in [0.15, 0.2) is 0 Å². The van der Waals surface area contributed by atoms with Crippen LogP contribution < -0.4 is 5.32 Å². The van der Waals surface area contributed by atoms with Crippen molar-refractivity contribution in [2.45, 2.75) is 5.75 Å². The number of thioether (sulfide) groups is 1. The second-order valence-corrected chi connectivity index (χ2v) is 5.46. The number of anilines is 1. The number of nitrogens with zero attached hydrogens (tertiary/aromatic N) is 1. The maximum Gasteiger partial charge on any atom is 0.269 e. The molecule has 0 unspecified atom stereocenters. The predicted octanol–water partition coefficient (Wildman–Crippen LogP) is 3.61. The predicted molar refractivity (Wildman–Crippen MR) is 84.3 cm³/mol. The Labute approximate surface area is 130 Å². The summed E-state index contributed by atoms with van der Waals surface area (Å²) < 4.78 is 12.7. The highest BCUT2D eigenvalue weighted by Gasteiger charge is 2.06. The van der Waals surface area contributed by atoms with E-state index >= 15 is 0 Å². The Morgan fingerprint density at radius 3 is 2.36 bits per heavy atom. The first-order valence-corrected chi connectivity index (χ1v) is 7.56. The largest absolute Gasteiger partial charge is 0.325 e. The van der Waals surface area contributed by atoms with E-state index in [4.69, 9.17) is 0 Å². The van der Waals surface area contributed by atoms with Gasteiger partial charge in [0.05, 0.1) is 10.7 Å². The molecule has 0 spiro atoms. The first-order valence-electron chi connectivity index (χ1n) is 6.41. The molecule has 2 aromatic carbocycles. The number of non-ortho nitro benzene ring substituents is 1. The lowest BCUT2D eigenvalue weighted by Crippen LogP contribution is -2.14. The Morgan fingerprint density at radius 1 is 1.14 bits per heavy atom. The van der Waals surface area contributed by atoms with E-state index < -0.39 is 4.92 Å². The number of nitro benzene ring substituents is 1. The van der Waals surface area contributed by atoms with Crippen molar-refractivity contribution in [3.8, 4) is 0 Å². The SMILES string of the molecule is O=C(CSCc1ccc(F)cc1)Nc1ccc([N+](=O)[O-])cc1. The number of rotatable bonds is 6. The molecule has 0 saturated heterocycles. The molecular weight excluding hydrogens is 307 g/mol. The fourth-order valence-electron chi connectivity index (χ4n) is 1.71. The van der Waals surface area contributed by atoms with E-state index in [-0.39, 0.29) is 23.2 Å². The van der Waals surface area contributed by atoms with Crippen molar-refractivity contribution in [3.63, 3.8) is 0 Å². The summed E-state index contributed by atoms with van der Waals surface area (Å²) in [5, 5.41) is 13.2. The molecule has 0 bridgehead atoms. The Bertz CT molecular complexity index is 659. The zero-order valence-corrected chi connectivity index (χ0v) is 12.3. The molecule has 1 amide bonds. The second-order valence-electron chi connectivity index (χ2n) is 4.47. The first kappa shape index (κ1) is 16.0. The Kier molecular flexibility index (Phi) is 5.48. The smallest absolute Gasteiger partial charge is 0.269 e. The molecule has 0 heterocycles. The zero-order chi connectivity index (χ0) is 15.9. The highest BCUT2D eigenvalue weighted by Crippen LogP contribution is 2.17. The topological polar surface area (TPSA) is 72.2 Å². The van der Waals surface area contributed by atoms with Gasteiger partial charge in [0.25, 0.3) is 5.69 Å². The summed E-state index contributed by atoms with van der Waals surface area (Å²) in [6, 6.07) is 11.8. The molecular formula is C15H13FN2O3S. The molecule has 0 fully saturated rings. The maximum atomic E-state index is 12.7. The van der Waals surface area contributed by atoms with Gasteiger partial charge in [-0.3, -0.25) is 14.9 Å². The Morgan fingerprint density at radius 2 is 1.77 bits per heavy atom. The third-order valence-corrected chi connectivity index (χ3v) is 3.78. The van der Waals surface area contributed by atoms with Crippen LogP contribution in [-0.4, -0.2) is 16.6 Å². The lowest BCUT2D eigenvalue weighted by molar-refractivity contribution is -0.384. The number of benzene rings is 2. The van der Waals surface area contributed by atoms with E-state index in [9.17, 15) is 19.3 Å². The summed E-state index contributed by atoms with van der Waals surface area (Å²) >= 11 is 1.40. The number of hydrogen-bond donors (Lipinski definition) is 1. The van der Waals surface area contributed by atoms with Crippen LogP contribution in [0.15, 0.2) is 48.5 Å². The molecule has 7 heteroatoms. The van der Waals surface area contributed by atoms with Crippen molar-refractivity contribution < 1.29 is 14.1 Å². The number of halogens is 1. The van der Waals surface area contributed by atoms with Gasteiger partial charge in [0, 0.05) is 23.6 Å². The molecule has 0 aliphatic heterocycles. The number of hydrogen-bond acceptors (Lipinski definition) is 4. The number of nitro groups is 1. The normalized spacial score (nSPS) is 10.2. The highest BCUT2D eigenvalue weighted by molar-refractivity contribution is 7.99. The van der Waals surface area contributed by atoms with Gasteiger partial charge in [0.1, 0.15) is 5.82 Å². The molecule has 0 atom stereocenters. The van der Waals surface area contributed by atoms with Crippen LogP contribution in [0.1, 0.15) is 5.56 Å².